The molecule has 0 atom stereocenters. The molecule has 0 spiro atoms. The Labute approximate surface area is 128 Å². The maximum Gasteiger partial charge on any atom is 0.304 e. The predicted octanol–water partition coefficient (Wildman–Crippen LogP) is 2.13. The zero-order chi connectivity index (χ0) is 15.5. The summed E-state index contributed by atoms with van der Waals surface area (Å²) in [5.41, 5.74) is 1.12. The third-order valence-corrected chi connectivity index (χ3v) is 5.90. The Bertz CT molecular complexity index is 725. The Morgan fingerprint density at radius 1 is 1.48 bits per heavy atom. The van der Waals surface area contributed by atoms with Gasteiger partial charge in [-0.25, -0.2) is 8.42 Å². The van der Waals surface area contributed by atoms with Gasteiger partial charge in [-0.1, -0.05) is 29.6 Å². The number of rotatable bonds is 7. The molecule has 9 nitrogen and oxygen atoms in total. The Morgan fingerprint density at radius 2 is 2.24 bits per heavy atom. The first-order valence-electron chi connectivity index (χ1n) is 5.75. The molecular formula is C9H11N5O4S3. The van der Waals surface area contributed by atoms with Crippen molar-refractivity contribution in [2.75, 3.05) is 16.6 Å². The van der Waals surface area contributed by atoms with Crippen LogP contribution in [0, 0.1) is 10.1 Å². The van der Waals surface area contributed by atoms with Crippen LogP contribution in [-0.2, 0) is 10.0 Å². The van der Waals surface area contributed by atoms with Crippen LogP contribution in [0.3, 0.4) is 0 Å². The second kappa shape index (κ2) is 6.32. The molecule has 0 bridgehead atoms. The molecule has 2 aromatic heterocycles. The maximum atomic E-state index is 12.1. The summed E-state index contributed by atoms with van der Waals surface area (Å²) < 4.78 is 26.4. The van der Waals surface area contributed by atoms with Crippen LogP contribution >= 0.6 is 22.7 Å². The van der Waals surface area contributed by atoms with Gasteiger partial charge >= 0.3 is 5.69 Å². The molecule has 114 valence electrons. The number of thiophene rings is 1. The fourth-order valence-corrected chi connectivity index (χ4v) is 4.42. The highest BCUT2D eigenvalue weighted by Gasteiger charge is 2.26. The molecule has 0 aliphatic rings. The van der Waals surface area contributed by atoms with E-state index in [-0.39, 0.29) is 20.0 Å². The minimum absolute atomic E-state index is 0.106. The Kier molecular flexibility index (Phi) is 4.69. The van der Waals surface area contributed by atoms with E-state index in [1.165, 1.54) is 5.51 Å². The summed E-state index contributed by atoms with van der Waals surface area (Å²) in [5, 5.41) is 21.3. The van der Waals surface area contributed by atoms with Crippen LogP contribution in [0.25, 0.3) is 0 Å². The first kappa shape index (κ1) is 15.6. The number of nitrogens with one attached hydrogen (secondary N) is 2. The highest BCUT2D eigenvalue weighted by molar-refractivity contribution is 7.95. The molecule has 12 heteroatoms. The van der Waals surface area contributed by atoms with Crippen LogP contribution in [0.15, 0.2) is 15.8 Å². The van der Waals surface area contributed by atoms with Gasteiger partial charge in [0, 0.05) is 12.6 Å². The summed E-state index contributed by atoms with van der Waals surface area (Å²) in [6.45, 7) is 2.42. The van der Waals surface area contributed by atoms with Gasteiger partial charge < -0.3 is 5.32 Å². The monoisotopic (exact) mass is 349 g/mol. The topological polar surface area (TPSA) is 127 Å². The van der Waals surface area contributed by atoms with Gasteiger partial charge in [-0.3, -0.25) is 14.8 Å². The Hall–Kier alpha value is -1.79. The number of anilines is 2. The lowest BCUT2D eigenvalue weighted by Crippen LogP contribution is -2.11. The second-order valence-electron chi connectivity index (χ2n) is 3.81. The van der Waals surface area contributed by atoms with Crippen LogP contribution < -0.4 is 10.0 Å². The van der Waals surface area contributed by atoms with Crippen molar-refractivity contribution in [2.24, 2.45) is 0 Å². The van der Waals surface area contributed by atoms with E-state index < -0.39 is 14.9 Å². The van der Waals surface area contributed by atoms with E-state index in [0.717, 1.165) is 35.2 Å². The quantitative estimate of drug-likeness (QED) is 0.579. The van der Waals surface area contributed by atoms with E-state index in [1.54, 1.807) is 0 Å². The van der Waals surface area contributed by atoms with E-state index in [2.05, 4.69) is 20.2 Å². The van der Waals surface area contributed by atoms with E-state index in [0.29, 0.717) is 6.54 Å². The lowest BCUT2D eigenvalue weighted by molar-refractivity contribution is -0.383. The minimum Gasteiger partial charge on any atom is -0.371 e. The van der Waals surface area contributed by atoms with Gasteiger partial charge in [-0.05, 0) is 6.42 Å². The standard InChI is InChI=1S/C9H11N5O4S3/c1-2-3-10-8-6(14(15)16)4-7(20-8)21(17,18)13-9-12-11-5-19-9/h4-5,10H,2-3H2,1H3,(H,12,13). The number of hydrogen-bond donors (Lipinski definition) is 2. The molecule has 0 aromatic carbocycles. The summed E-state index contributed by atoms with van der Waals surface area (Å²) >= 11 is 1.83. The molecule has 2 heterocycles. The fourth-order valence-electron chi connectivity index (χ4n) is 1.38. The van der Waals surface area contributed by atoms with E-state index >= 15 is 0 Å². The molecule has 2 rings (SSSR count). The first-order valence-corrected chi connectivity index (χ1v) is 8.93. The number of nitro groups is 1. The fraction of sp³-hybridized carbons (Fsp3) is 0.333. The Balaban J connectivity index is 2.32. The maximum absolute atomic E-state index is 12.1. The van der Waals surface area contributed by atoms with Crippen molar-refractivity contribution in [1.82, 2.24) is 10.2 Å². The molecule has 21 heavy (non-hydrogen) atoms. The van der Waals surface area contributed by atoms with Gasteiger partial charge in [-0.15, -0.1) is 10.2 Å². The average molecular weight is 349 g/mol. The van der Waals surface area contributed by atoms with E-state index in [9.17, 15) is 18.5 Å². The molecule has 0 amide bonds. The van der Waals surface area contributed by atoms with Crippen LogP contribution in [-0.4, -0.2) is 30.1 Å². The van der Waals surface area contributed by atoms with Crippen LogP contribution in [0.4, 0.5) is 15.8 Å². The largest absolute Gasteiger partial charge is 0.371 e. The van der Waals surface area contributed by atoms with E-state index in [1.807, 2.05) is 6.92 Å². The molecular weight excluding hydrogens is 338 g/mol. The molecule has 0 fully saturated rings. The van der Waals surface area contributed by atoms with Crippen LogP contribution in [0.2, 0.25) is 0 Å². The third-order valence-electron chi connectivity index (χ3n) is 2.27. The smallest absolute Gasteiger partial charge is 0.304 e. The summed E-state index contributed by atoms with van der Waals surface area (Å²) in [5.74, 6) is 0. The highest BCUT2D eigenvalue weighted by atomic mass is 32.2. The molecule has 0 saturated carbocycles. The van der Waals surface area contributed by atoms with Gasteiger partial charge in [0.25, 0.3) is 10.0 Å². The number of sulfonamides is 1. The average Bonchev–Trinajstić information content (AvgIpc) is 3.04. The summed E-state index contributed by atoms with van der Waals surface area (Å²) in [6, 6.07) is 1.03. The van der Waals surface area contributed by atoms with Crippen molar-refractivity contribution < 1.29 is 13.3 Å². The van der Waals surface area contributed by atoms with Crippen LogP contribution in [0.5, 0.6) is 0 Å². The Morgan fingerprint density at radius 3 is 2.81 bits per heavy atom. The van der Waals surface area contributed by atoms with Crippen molar-refractivity contribution in [2.45, 2.75) is 17.6 Å². The molecule has 0 unspecified atom stereocenters. The van der Waals surface area contributed by atoms with Crippen molar-refractivity contribution in [3.05, 3.63) is 21.7 Å². The SMILES string of the molecule is CCCNc1sc(S(=O)(=O)Nc2nncs2)cc1[N+](=O)[O-]. The molecule has 2 aromatic rings. The van der Waals surface area contributed by atoms with Crippen molar-refractivity contribution >= 4 is 48.5 Å². The predicted molar refractivity (Wildman–Crippen MR) is 80.5 cm³/mol. The second-order valence-corrected chi connectivity index (χ2v) is 7.61. The van der Waals surface area contributed by atoms with Crippen molar-refractivity contribution in [3.63, 3.8) is 0 Å². The number of hydrogen-bond acceptors (Lipinski definition) is 9. The summed E-state index contributed by atoms with van der Waals surface area (Å²) in [7, 11) is -3.91. The van der Waals surface area contributed by atoms with Gasteiger partial charge in [0.05, 0.1) is 4.92 Å². The van der Waals surface area contributed by atoms with E-state index in [4.69, 9.17) is 0 Å². The lowest BCUT2D eigenvalue weighted by Gasteiger charge is -2.01. The highest BCUT2D eigenvalue weighted by Crippen LogP contribution is 2.37. The zero-order valence-electron chi connectivity index (χ0n) is 10.8. The van der Waals surface area contributed by atoms with Crippen molar-refractivity contribution in [1.29, 1.82) is 0 Å². The van der Waals surface area contributed by atoms with Gasteiger partial charge in [-0.2, -0.15) is 0 Å². The number of aromatic nitrogens is 2. The molecule has 0 aliphatic carbocycles. The van der Waals surface area contributed by atoms with Crippen molar-refractivity contribution in [3.8, 4) is 0 Å². The zero-order valence-corrected chi connectivity index (χ0v) is 13.2. The van der Waals surface area contributed by atoms with Gasteiger partial charge in [0.1, 0.15) is 9.72 Å². The third kappa shape index (κ3) is 3.65. The van der Waals surface area contributed by atoms with Crippen LogP contribution in [0.1, 0.15) is 13.3 Å². The van der Waals surface area contributed by atoms with Gasteiger partial charge in [0.2, 0.25) is 5.13 Å². The molecule has 2 N–H and O–H groups in total. The first-order chi connectivity index (χ1) is 9.94. The molecule has 0 radical (unpaired) electrons. The molecule has 0 saturated heterocycles. The normalized spacial score (nSPS) is 11.3. The summed E-state index contributed by atoms with van der Waals surface area (Å²) in [6.07, 6.45) is 0.764. The lowest BCUT2D eigenvalue weighted by atomic mass is 10.4. The van der Waals surface area contributed by atoms with Gasteiger partial charge in [0.15, 0.2) is 5.00 Å². The summed E-state index contributed by atoms with van der Waals surface area (Å²) in [4.78, 5) is 10.4. The minimum atomic E-state index is -3.91. The molecule has 0 aliphatic heterocycles. The number of nitrogens with zero attached hydrogens (tertiary/aromatic N) is 3.